The molecule has 228 valence electrons. The first kappa shape index (κ1) is 29.9. The first-order valence-corrected chi connectivity index (χ1v) is 16.0. The van der Waals surface area contributed by atoms with Gasteiger partial charge in [-0.3, -0.25) is 9.59 Å². The van der Waals surface area contributed by atoms with Crippen LogP contribution in [0.2, 0.25) is 10.0 Å². The summed E-state index contributed by atoms with van der Waals surface area (Å²) in [6, 6.07) is 33.6. The van der Waals surface area contributed by atoms with Crippen molar-refractivity contribution in [2.45, 2.75) is 25.9 Å². The summed E-state index contributed by atoms with van der Waals surface area (Å²) in [5.41, 5.74) is 5.82. The number of pyridine rings is 2. The van der Waals surface area contributed by atoms with Crippen molar-refractivity contribution in [3.63, 3.8) is 0 Å². The summed E-state index contributed by atoms with van der Waals surface area (Å²) < 4.78 is 0. The minimum Gasteiger partial charge on any atom is -0.332 e. The van der Waals surface area contributed by atoms with Crippen LogP contribution in [0.3, 0.4) is 0 Å². The van der Waals surface area contributed by atoms with Crippen LogP contribution in [-0.4, -0.2) is 56.8 Å². The van der Waals surface area contributed by atoms with Gasteiger partial charge in [-0.1, -0.05) is 83.9 Å². The Morgan fingerprint density at radius 1 is 0.587 bits per heavy atom. The van der Waals surface area contributed by atoms with Gasteiger partial charge in [0.05, 0.1) is 33.5 Å². The zero-order valence-electron chi connectivity index (χ0n) is 25.3. The van der Waals surface area contributed by atoms with Gasteiger partial charge in [-0.25, -0.2) is 9.97 Å². The standard InChI is InChI=1S/C38H30Cl2N4O2/c1-23-21-44(38(46)32-20-36(26-13-17-28(40)18-14-26)42-34-10-6-4-8-30(32)34)24(2)22-43(23)37(45)31-19-35(25-11-15-27(39)16-12-25)41-33-9-5-3-7-29(31)33/h3-20,23-24H,21-22H2,1-2H3. The minimum atomic E-state index is -0.220. The number of hydrogen-bond donors (Lipinski definition) is 0. The zero-order valence-corrected chi connectivity index (χ0v) is 26.8. The van der Waals surface area contributed by atoms with Gasteiger partial charge in [-0.05, 0) is 62.4 Å². The van der Waals surface area contributed by atoms with Gasteiger partial charge in [0.1, 0.15) is 0 Å². The number of halogens is 2. The summed E-state index contributed by atoms with van der Waals surface area (Å²) in [6.45, 7) is 4.78. The molecule has 8 heteroatoms. The minimum absolute atomic E-state index is 0.0837. The molecule has 4 aromatic carbocycles. The van der Waals surface area contributed by atoms with Gasteiger partial charge in [0.25, 0.3) is 11.8 Å². The second-order valence-electron chi connectivity index (χ2n) is 11.8. The molecule has 0 radical (unpaired) electrons. The largest absolute Gasteiger partial charge is 0.332 e. The topological polar surface area (TPSA) is 66.4 Å². The van der Waals surface area contributed by atoms with Crippen molar-refractivity contribution >= 4 is 56.8 Å². The van der Waals surface area contributed by atoms with E-state index in [1.165, 1.54) is 0 Å². The Kier molecular flexibility index (Phi) is 7.93. The molecule has 46 heavy (non-hydrogen) atoms. The summed E-state index contributed by atoms with van der Waals surface area (Å²) in [7, 11) is 0. The third-order valence-electron chi connectivity index (χ3n) is 8.68. The molecule has 0 aliphatic carbocycles. The van der Waals surface area contributed by atoms with E-state index in [2.05, 4.69) is 0 Å². The zero-order chi connectivity index (χ0) is 31.9. The summed E-state index contributed by atoms with van der Waals surface area (Å²) in [4.78, 5) is 42.1. The molecule has 1 aliphatic heterocycles. The Labute approximate surface area is 277 Å². The van der Waals surface area contributed by atoms with Gasteiger partial charge >= 0.3 is 0 Å². The van der Waals surface area contributed by atoms with Crippen LogP contribution in [0, 0.1) is 0 Å². The molecule has 2 amide bonds. The third kappa shape index (κ3) is 5.59. The predicted octanol–water partition coefficient (Wildman–Crippen LogP) is 8.80. The van der Waals surface area contributed by atoms with E-state index in [0.29, 0.717) is 45.6 Å². The maximum absolute atomic E-state index is 14.3. The van der Waals surface area contributed by atoms with Gasteiger partial charge < -0.3 is 9.80 Å². The third-order valence-corrected chi connectivity index (χ3v) is 9.18. The van der Waals surface area contributed by atoms with E-state index >= 15 is 0 Å². The highest BCUT2D eigenvalue weighted by molar-refractivity contribution is 6.31. The number of hydrogen-bond acceptors (Lipinski definition) is 4. The molecule has 1 aliphatic rings. The molecule has 0 N–H and O–H groups in total. The fourth-order valence-corrected chi connectivity index (χ4v) is 6.50. The average molecular weight is 646 g/mol. The van der Waals surface area contributed by atoms with E-state index in [9.17, 15) is 9.59 Å². The molecule has 7 rings (SSSR count). The molecule has 0 bridgehead atoms. The van der Waals surface area contributed by atoms with Crippen LogP contribution in [0.5, 0.6) is 0 Å². The molecule has 6 nitrogen and oxygen atoms in total. The SMILES string of the molecule is CC1CN(C(=O)c2cc(-c3ccc(Cl)cc3)nc3ccccc23)C(C)CN1C(=O)c1cc(-c2ccc(Cl)cc2)nc2ccccc12. The number of carbonyl (C=O) groups excluding carboxylic acids is 2. The number of piperazine rings is 1. The van der Waals surface area contributed by atoms with Gasteiger partial charge in [0.2, 0.25) is 0 Å². The number of nitrogens with zero attached hydrogens (tertiary/aromatic N) is 4. The van der Waals surface area contributed by atoms with E-state index < -0.39 is 0 Å². The number of amides is 2. The summed E-state index contributed by atoms with van der Waals surface area (Å²) in [5, 5.41) is 2.86. The monoisotopic (exact) mass is 644 g/mol. The quantitative estimate of drug-likeness (QED) is 0.192. The first-order chi connectivity index (χ1) is 22.3. The lowest BCUT2D eigenvalue weighted by atomic mass is 9.99. The van der Waals surface area contributed by atoms with Gasteiger partial charge in [0, 0.05) is 57.1 Å². The van der Waals surface area contributed by atoms with Gasteiger partial charge in [-0.2, -0.15) is 0 Å². The predicted molar refractivity (Wildman–Crippen MR) is 185 cm³/mol. The van der Waals surface area contributed by atoms with Crippen LogP contribution >= 0.6 is 23.2 Å². The summed E-state index contributed by atoms with van der Waals surface area (Å²) >= 11 is 12.3. The van der Waals surface area contributed by atoms with E-state index in [1.807, 2.05) is 133 Å². The molecule has 6 aromatic rings. The van der Waals surface area contributed by atoms with Crippen LogP contribution in [0.1, 0.15) is 34.6 Å². The average Bonchev–Trinajstić information content (AvgIpc) is 3.08. The molecule has 0 spiro atoms. The van der Waals surface area contributed by atoms with Crippen molar-refractivity contribution in [2.24, 2.45) is 0 Å². The highest BCUT2D eigenvalue weighted by atomic mass is 35.5. The maximum Gasteiger partial charge on any atom is 0.254 e. The van der Waals surface area contributed by atoms with Crippen molar-refractivity contribution in [3.05, 3.63) is 130 Å². The van der Waals surface area contributed by atoms with Crippen molar-refractivity contribution < 1.29 is 9.59 Å². The Morgan fingerprint density at radius 2 is 0.957 bits per heavy atom. The smallest absolute Gasteiger partial charge is 0.254 e. The van der Waals surface area contributed by atoms with Crippen LogP contribution < -0.4 is 0 Å². The van der Waals surface area contributed by atoms with Crippen LogP contribution in [0.25, 0.3) is 44.3 Å². The fourth-order valence-electron chi connectivity index (χ4n) is 6.24. The van der Waals surface area contributed by atoms with E-state index in [4.69, 9.17) is 33.2 Å². The summed E-state index contributed by atoms with van der Waals surface area (Å²) in [5.74, 6) is -0.167. The normalized spacial score (nSPS) is 16.6. The van der Waals surface area contributed by atoms with Crippen molar-refractivity contribution in [3.8, 4) is 22.5 Å². The number of carbonyl (C=O) groups is 2. The lowest BCUT2D eigenvalue weighted by Gasteiger charge is -2.44. The number of rotatable bonds is 4. The molecule has 0 saturated carbocycles. The van der Waals surface area contributed by atoms with Crippen LogP contribution in [-0.2, 0) is 0 Å². The highest BCUT2D eigenvalue weighted by Gasteiger charge is 2.36. The Balaban J connectivity index is 1.20. The number of para-hydroxylation sites is 2. The molecule has 2 atom stereocenters. The van der Waals surface area contributed by atoms with Gasteiger partial charge in [-0.15, -0.1) is 0 Å². The lowest BCUT2D eigenvalue weighted by Crippen LogP contribution is -2.59. The molecule has 2 unspecified atom stereocenters. The van der Waals surface area contributed by atoms with Crippen LogP contribution in [0.4, 0.5) is 0 Å². The second-order valence-corrected chi connectivity index (χ2v) is 12.6. The van der Waals surface area contributed by atoms with Gasteiger partial charge in [0.15, 0.2) is 0 Å². The highest BCUT2D eigenvalue weighted by Crippen LogP contribution is 2.31. The number of benzene rings is 4. The lowest BCUT2D eigenvalue weighted by molar-refractivity contribution is 0.0272. The second kappa shape index (κ2) is 12.2. The molecule has 3 heterocycles. The fraction of sp³-hybridized carbons (Fsp3) is 0.158. The molecule has 1 saturated heterocycles. The Morgan fingerprint density at radius 3 is 1.35 bits per heavy atom. The van der Waals surface area contributed by atoms with Crippen molar-refractivity contribution in [1.82, 2.24) is 19.8 Å². The molecule has 1 fully saturated rings. The van der Waals surface area contributed by atoms with E-state index in [0.717, 1.165) is 32.9 Å². The molecule has 2 aromatic heterocycles. The Bertz CT molecular complexity index is 1960. The summed E-state index contributed by atoms with van der Waals surface area (Å²) in [6.07, 6.45) is 0. The number of fused-ring (bicyclic) bond motifs is 2. The van der Waals surface area contributed by atoms with Crippen molar-refractivity contribution in [1.29, 1.82) is 0 Å². The first-order valence-electron chi connectivity index (χ1n) is 15.2. The number of aromatic nitrogens is 2. The Hall–Kier alpha value is -4.78. The van der Waals surface area contributed by atoms with Crippen LogP contribution in [0.15, 0.2) is 109 Å². The van der Waals surface area contributed by atoms with E-state index in [-0.39, 0.29) is 23.9 Å². The van der Waals surface area contributed by atoms with Crippen molar-refractivity contribution in [2.75, 3.05) is 13.1 Å². The maximum atomic E-state index is 14.3. The van der Waals surface area contributed by atoms with E-state index in [1.54, 1.807) is 0 Å². The molecular weight excluding hydrogens is 615 g/mol. The molecular formula is C38H30Cl2N4O2.